The summed E-state index contributed by atoms with van der Waals surface area (Å²) in [4.78, 5) is 16.6. The molecule has 10 heteroatoms. The van der Waals surface area contributed by atoms with Crippen molar-refractivity contribution < 1.29 is 14.3 Å². The molecule has 0 aliphatic carbocycles. The third kappa shape index (κ3) is 4.36. The number of amides is 1. The van der Waals surface area contributed by atoms with E-state index in [4.69, 9.17) is 38.5 Å². The molecule has 1 amide bonds. The maximum Gasteiger partial charge on any atom is 0.262 e. The van der Waals surface area contributed by atoms with Crippen LogP contribution in [0.15, 0.2) is 24.3 Å². The number of methoxy groups -OCH3 is 1. The van der Waals surface area contributed by atoms with E-state index in [0.29, 0.717) is 37.9 Å². The number of benzene rings is 2. The first-order chi connectivity index (χ1) is 12.9. The second-order valence-corrected chi connectivity index (χ2v) is 7.43. The number of hydrogen-bond acceptors (Lipinski definition) is 7. The number of thiazole rings is 1. The van der Waals surface area contributed by atoms with Gasteiger partial charge in [0.1, 0.15) is 17.0 Å². The summed E-state index contributed by atoms with van der Waals surface area (Å²) < 4.78 is 11.7. The highest BCUT2D eigenvalue weighted by Crippen LogP contribution is 2.35. The van der Waals surface area contributed by atoms with E-state index in [9.17, 15) is 4.79 Å². The van der Waals surface area contributed by atoms with Gasteiger partial charge in [0.25, 0.3) is 5.91 Å². The van der Waals surface area contributed by atoms with Crippen molar-refractivity contribution in [3.8, 4) is 11.5 Å². The highest BCUT2D eigenvalue weighted by atomic mass is 35.5. The number of carbonyl (C=O) groups is 1. The summed E-state index contributed by atoms with van der Waals surface area (Å²) in [6, 6.07) is 6.75. The van der Waals surface area contributed by atoms with Crippen LogP contribution in [0.25, 0.3) is 10.2 Å². The van der Waals surface area contributed by atoms with Crippen molar-refractivity contribution in [2.24, 2.45) is 5.84 Å². The van der Waals surface area contributed by atoms with Crippen LogP contribution in [0, 0.1) is 6.92 Å². The number of hydrogen-bond donors (Lipinski definition) is 3. The summed E-state index contributed by atoms with van der Waals surface area (Å²) in [5.74, 6) is 6.01. The molecule has 0 bridgehead atoms. The number of carbonyl (C=O) groups excluding carboxylic acids is 1. The van der Waals surface area contributed by atoms with Gasteiger partial charge < -0.3 is 14.8 Å². The van der Waals surface area contributed by atoms with Crippen molar-refractivity contribution in [1.82, 2.24) is 4.98 Å². The van der Waals surface area contributed by atoms with Crippen molar-refractivity contribution in [1.29, 1.82) is 0 Å². The van der Waals surface area contributed by atoms with Crippen LogP contribution in [0.4, 0.5) is 10.8 Å². The Morgan fingerprint density at radius 1 is 1.30 bits per heavy atom. The van der Waals surface area contributed by atoms with Crippen LogP contribution in [0.3, 0.4) is 0 Å². The van der Waals surface area contributed by atoms with Crippen LogP contribution in [0.1, 0.15) is 5.56 Å². The van der Waals surface area contributed by atoms with Crippen LogP contribution in [0.5, 0.6) is 11.5 Å². The fourth-order valence-corrected chi connectivity index (χ4v) is 3.98. The van der Waals surface area contributed by atoms with E-state index in [0.717, 1.165) is 10.3 Å². The smallest absolute Gasteiger partial charge is 0.262 e. The summed E-state index contributed by atoms with van der Waals surface area (Å²) >= 11 is 13.4. The van der Waals surface area contributed by atoms with Gasteiger partial charge in [0.2, 0.25) is 0 Å². The van der Waals surface area contributed by atoms with E-state index in [1.165, 1.54) is 18.4 Å². The number of ether oxygens (including phenoxy) is 2. The lowest BCUT2D eigenvalue weighted by molar-refractivity contribution is -0.118. The number of halogens is 2. The number of aryl methyl sites for hydroxylation is 1. The number of nitrogens with one attached hydrogen (secondary N) is 2. The minimum Gasteiger partial charge on any atom is -0.494 e. The van der Waals surface area contributed by atoms with E-state index in [-0.39, 0.29) is 12.5 Å². The van der Waals surface area contributed by atoms with Crippen molar-refractivity contribution in [2.45, 2.75) is 6.92 Å². The van der Waals surface area contributed by atoms with Crippen LogP contribution >= 0.6 is 34.5 Å². The molecule has 2 aromatic carbocycles. The Hall–Kier alpha value is -2.26. The molecule has 27 heavy (non-hydrogen) atoms. The van der Waals surface area contributed by atoms with Crippen molar-refractivity contribution in [3.05, 3.63) is 39.9 Å². The molecule has 0 saturated carbocycles. The third-order valence-corrected chi connectivity index (χ3v) is 5.06. The van der Waals surface area contributed by atoms with E-state index < -0.39 is 0 Å². The van der Waals surface area contributed by atoms with Crippen LogP contribution < -0.4 is 26.1 Å². The number of nitrogens with zero attached hydrogens (tertiary/aromatic N) is 1. The third-order valence-electron chi connectivity index (χ3n) is 3.63. The second-order valence-electron chi connectivity index (χ2n) is 5.56. The largest absolute Gasteiger partial charge is 0.494 e. The predicted octanol–water partition coefficient (Wildman–Crippen LogP) is 4.22. The number of fused-ring (bicyclic) bond motifs is 1. The molecule has 3 aromatic rings. The Morgan fingerprint density at radius 2 is 2.07 bits per heavy atom. The molecule has 1 heterocycles. The van der Waals surface area contributed by atoms with Gasteiger partial charge >= 0.3 is 0 Å². The summed E-state index contributed by atoms with van der Waals surface area (Å²) in [7, 11) is 1.53. The first kappa shape index (κ1) is 19.5. The maximum absolute atomic E-state index is 12.3. The molecule has 3 rings (SSSR count). The highest BCUT2D eigenvalue weighted by Gasteiger charge is 2.14. The average Bonchev–Trinajstić information content (AvgIpc) is 3.03. The fraction of sp³-hybridized carbons (Fsp3) is 0.176. The minimum absolute atomic E-state index is 0.207. The molecule has 142 valence electrons. The van der Waals surface area contributed by atoms with Crippen LogP contribution in [0.2, 0.25) is 10.0 Å². The predicted molar refractivity (Wildman–Crippen MR) is 109 cm³/mol. The van der Waals surface area contributed by atoms with Crippen molar-refractivity contribution in [2.75, 3.05) is 24.5 Å². The number of hydrazine groups is 1. The van der Waals surface area contributed by atoms with E-state index in [1.54, 1.807) is 31.2 Å². The van der Waals surface area contributed by atoms with Gasteiger partial charge in [0.15, 0.2) is 11.7 Å². The summed E-state index contributed by atoms with van der Waals surface area (Å²) in [5, 5.41) is 4.17. The molecule has 0 unspecified atom stereocenters. The Bertz CT molecular complexity index is 986. The zero-order valence-corrected chi connectivity index (χ0v) is 16.8. The van der Waals surface area contributed by atoms with E-state index >= 15 is 0 Å². The number of rotatable bonds is 6. The zero-order chi connectivity index (χ0) is 19.6. The number of nitrogen functional groups attached to an aromatic ring is 1. The first-order valence-electron chi connectivity index (χ1n) is 7.74. The SMILES string of the molecule is COc1cc(NC(=O)COc2c(C)cc(Cl)cc2Cl)cc2sc(NN)nc12. The lowest BCUT2D eigenvalue weighted by atomic mass is 10.2. The van der Waals surface area contributed by atoms with Crippen molar-refractivity contribution >= 4 is 61.5 Å². The number of aromatic nitrogens is 1. The highest BCUT2D eigenvalue weighted by molar-refractivity contribution is 7.22. The molecular formula is C17H16Cl2N4O3S. The van der Waals surface area contributed by atoms with Gasteiger partial charge in [-0.15, -0.1) is 0 Å². The van der Waals surface area contributed by atoms with Crippen LogP contribution in [-0.2, 0) is 4.79 Å². The van der Waals surface area contributed by atoms with Gasteiger partial charge in [0, 0.05) is 16.8 Å². The normalized spacial score (nSPS) is 10.7. The van der Waals surface area contributed by atoms with E-state index in [1.807, 2.05) is 0 Å². The minimum atomic E-state index is -0.344. The average molecular weight is 427 g/mol. The maximum atomic E-state index is 12.3. The molecule has 0 atom stereocenters. The van der Waals surface area contributed by atoms with E-state index in [2.05, 4.69) is 15.7 Å². The molecule has 0 fully saturated rings. The van der Waals surface area contributed by atoms with Gasteiger partial charge in [0.05, 0.1) is 16.8 Å². The standard InChI is InChI=1S/C17H16Cl2N4O3S/c1-8-3-9(18)4-11(19)16(8)26-7-14(24)21-10-5-12(25-2)15-13(6-10)27-17(22-15)23-20/h3-6H,7,20H2,1-2H3,(H,21,24)(H,22,23). The van der Waals surface area contributed by atoms with Gasteiger partial charge in [-0.1, -0.05) is 34.5 Å². The van der Waals surface area contributed by atoms with Gasteiger partial charge in [-0.25, -0.2) is 10.8 Å². The molecule has 0 saturated heterocycles. The lowest BCUT2D eigenvalue weighted by Crippen LogP contribution is -2.20. The molecule has 1 aromatic heterocycles. The lowest BCUT2D eigenvalue weighted by Gasteiger charge is -2.12. The number of nitrogens with two attached hydrogens (primary N) is 1. The Kier molecular flexibility index (Phi) is 5.91. The quantitative estimate of drug-likeness (QED) is 0.403. The Labute approximate surface area is 169 Å². The van der Waals surface area contributed by atoms with Crippen molar-refractivity contribution in [3.63, 3.8) is 0 Å². The summed E-state index contributed by atoms with van der Waals surface area (Å²) in [6.07, 6.45) is 0. The molecule has 4 N–H and O–H groups in total. The topological polar surface area (TPSA) is 98.5 Å². The summed E-state index contributed by atoms with van der Waals surface area (Å²) in [6.45, 7) is 1.59. The molecule has 0 radical (unpaired) electrons. The molecule has 0 spiro atoms. The molecule has 0 aliphatic heterocycles. The summed E-state index contributed by atoms with van der Waals surface area (Å²) in [5.41, 5.74) is 4.46. The molecular weight excluding hydrogens is 411 g/mol. The fourth-order valence-electron chi connectivity index (χ4n) is 2.49. The Balaban J connectivity index is 1.74. The monoisotopic (exact) mass is 426 g/mol. The second kappa shape index (κ2) is 8.18. The van der Waals surface area contributed by atoms with Gasteiger partial charge in [-0.2, -0.15) is 0 Å². The van der Waals surface area contributed by atoms with Gasteiger partial charge in [-0.05, 0) is 30.7 Å². The van der Waals surface area contributed by atoms with Crippen LogP contribution in [-0.4, -0.2) is 24.6 Å². The molecule has 7 nitrogen and oxygen atoms in total. The number of anilines is 2. The van der Waals surface area contributed by atoms with Gasteiger partial charge in [-0.3, -0.25) is 10.2 Å². The first-order valence-corrected chi connectivity index (χ1v) is 9.32. The Morgan fingerprint density at radius 3 is 2.74 bits per heavy atom. The zero-order valence-electron chi connectivity index (χ0n) is 14.4. The molecule has 0 aliphatic rings.